The van der Waals surface area contributed by atoms with Crippen LogP contribution >= 0.6 is 23.1 Å². The average Bonchev–Trinajstić information content (AvgIpc) is 3.62. The Labute approximate surface area is 208 Å². The van der Waals surface area contributed by atoms with E-state index in [0.29, 0.717) is 12.2 Å². The molecule has 0 spiro atoms. The zero-order valence-electron chi connectivity index (χ0n) is 18.8. The first-order valence-corrected chi connectivity index (χ1v) is 13.3. The number of nitrogens with one attached hydrogen (secondary N) is 1. The van der Waals surface area contributed by atoms with Gasteiger partial charge in [0, 0.05) is 42.7 Å². The topological polar surface area (TPSA) is 63.1 Å². The largest absolute Gasteiger partial charge is 0.351 e. The summed E-state index contributed by atoms with van der Waals surface area (Å²) in [6.07, 6.45) is 1.69. The first-order valence-electron chi connectivity index (χ1n) is 11.4. The van der Waals surface area contributed by atoms with Gasteiger partial charge in [-0.2, -0.15) is 0 Å². The molecule has 4 aromatic rings. The smallest absolute Gasteiger partial charge is 0.230 e. The Bertz CT molecular complexity index is 1190. The molecule has 1 fully saturated rings. The molecule has 3 heterocycles. The van der Waals surface area contributed by atoms with Crippen molar-refractivity contribution in [1.29, 1.82) is 0 Å². The van der Waals surface area contributed by atoms with Gasteiger partial charge in [0.25, 0.3) is 0 Å². The highest BCUT2D eigenvalue weighted by atomic mass is 32.2. The van der Waals surface area contributed by atoms with Gasteiger partial charge in [-0.3, -0.25) is 14.3 Å². The van der Waals surface area contributed by atoms with Gasteiger partial charge in [-0.1, -0.05) is 66.4 Å². The van der Waals surface area contributed by atoms with Gasteiger partial charge in [0.2, 0.25) is 5.91 Å². The Balaban J connectivity index is 1.19. The molecule has 2 aromatic carbocycles. The van der Waals surface area contributed by atoms with E-state index in [-0.39, 0.29) is 11.9 Å². The number of para-hydroxylation sites is 1. The van der Waals surface area contributed by atoms with Crippen molar-refractivity contribution in [1.82, 2.24) is 25.0 Å². The Morgan fingerprint density at radius 2 is 1.82 bits per heavy atom. The van der Waals surface area contributed by atoms with Crippen molar-refractivity contribution in [3.63, 3.8) is 0 Å². The van der Waals surface area contributed by atoms with Crippen LogP contribution in [0.1, 0.15) is 22.7 Å². The van der Waals surface area contributed by atoms with Crippen LogP contribution < -0.4 is 5.32 Å². The van der Waals surface area contributed by atoms with Crippen molar-refractivity contribution in [2.75, 3.05) is 18.8 Å². The fourth-order valence-corrected chi connectivity index (χ4v) is 5.73. The number of nitrogens with zero attached hydrogens (tertiary/aromatic N) is 4. The predicted molar refractivity (Wildman–Crippen MR) is 137 cm³/mol. The molecule has 1 saturated heterocycles. The van der Waals surface area contributed by atoms with E-state index in [1.54, 1.807) is 11.3 Å². The van der Waals surface area contributed by atoms with Gasteiger partial charge in [0.15, 0.2) is 5.16 Å². The highest BCUT2D eigenvalue weighted by molar-refractivity contribution is 7.99. The quantitative estimate of drug-likeness (QED) is 0.353. The van der Waals surface area contributed by atoms with Gasteiger partial charge in [0.1, 0.15) is 5.82 Å². The molecular formula is C26H27N5OS2. The van der Waals surface area contributed by atoms with E-state index in [1.165, 1.54) is 22.2 Å². The second kappa shape index (κ2) is 11.0. The fraction of sp³-hybridized carbons (Fsp3) is 0.269. The molecule has 8 heteroatoms. The summed E-state index contributed by atoms with van der Waals surface area (Å²) in [5, 5.41) is 14.9. The predicted octanol–water partition coefficient (Wildman–Crippen LogP) is 4.40. The lowest BCUT2D eigenvalue weighted by Gasteiger charge is -2.17. The molecule has 0 saturated carbocycles. The Hall–Kier alpha value is -2.94. The number of thiophene rings is 1. The first kappa shape index (κ1) is 22.8. The molecule has 1 aliphatic rings. The minimum absolute atomic E-state index is 0.0407. The zero-order valence-corrected chi connectivity index (χ0v) is 20.5. The normalized spacial score (nSPS) is 16.1. The van der Waals surface area contributed by atoms with Gasteiger partial charge in [-0.25, -0.2) is 0 Å². The molecule has 174 valence electrons. The summed E-state index contributed by atoms with van der Waals surface area (Å²) >= 11 is 3.15. The second-order valence-electron chi connectivity index (χ2n) is 8.39. The van der Waals surface area contributed by atoms with Gasteiger partial charge < -0.3 is 5.32 Å². The molecule has 1 N–H and O–H groups in total. The van der Waals surface area contributed by atoms with Crippen LogP contribution in [0.25, 0.3) is 5.69 Å². The van der Waals surface area contributed by atoms with Crippen molar-refractivity contribution in [3.8, 4) is 5.69 Å². The van der Waals surface area contributed by atoms with Crippen LogP contribution in [0.5, 0.6) is 0 Å². The number of aromatic nitrogens is 3. The van der Waals surface area contributed by atoms with Crippen LogP contribution in [0.2, 0.25) is 0 Å². The SMILES string of the molecule is O=C(CSc1nnc(Cc2cccs2)n1-c1ccccc1)NC1CCN(Cc2ccccc2)C1. The third-order valence-corrected chi connectivity index (χ3v) is 7.65. The molecule has 0 bridgehead atoms. The molecule has 1 unspecified atom stereocenters. The maximum Gasteiger partial charge on any atom is 0.230 e. The van der Waals surface area contributed by atoms with E-state index in [0.717, 1.165) is 42.7 Å². The van der Waals surface area contributed by atoms with E-state index >= 15 is 0 Å². The lowest BCUT2D eigenvalue weighted by molar-refractivity contribution is -0.119. The molecule has 34 heavy (non-hydrogen) atoms. The molecule has 5 rings (SSSR count). The Kier molecular flexibility index (Phi) is 7.38. The number of benzene rings is 2. The number of rotatable bonds is 9. The summed E-state index contributed by atoms with van der Waals surface area (Å²) in [5.41, 5.74) is 2.32. The highest BCUT2D eigenvalue weighted by Crippen LogP contribution is 2.24. The van der Waals surface area contributed by atoms with Crippen molar-refractivity contribution >= 4 is 29.0 Å². The Morgan fingerprint density at radius 3 is 2.59 bits per heavy atom. The molecule has 0 radical (unpaired) electrons. The van der Waals surface area contributed by atoms with E-state index < -0.39 is 0 Å². The van der Waals surface area contributed by atoms with Crippen molar-refractivity contribution < 1.29 is 4.79 Å². The summed E-state index contributed by atoms with van der Waals surface area (Å²) in [6, 6.07) is 24.9. The molecule has 1 amide bonds. The van der Waals surface area contributed by atoms with Gasteiger partial charge in [-0.05, 0) is 35.6 Å². The minimum Gasteiger partial charge on any atom is -0.351 e. The first-order chi connectivity index (χ1) is 16.7. The lowest BCUT2D eigenvalue weighted by atomic mass is 10.2. The number of hydrogen-bond donors (Lipinski definition) is 1. The number of carbonyl (C=O) groups is 1. The number of thioether (sulfide) groups is 1. The maximum absolute atomic E-state index is 12.7. The maximum atomic E-state index is 12.7. The fourth-order valence-electron chi connectivity index (χ4n) is 4.25. The number of hydrogen-bond acceptors (Lipinski definition) is 6. The summed E-state index contributed by atoms with van der Waals surface area (Å²) < 4.78 is 2.06. The van der Waals surface area contributed by atoms with Gasteiger partial charge in [0.05, 0.1) is 5.75 Å². The van der Waals surface area contributed by atoms with Crippen molar-refractivity contribution in [3.05, 3.63) is 94.4 Å². The summed E-state index contributed by atoms with van der Waals surface area (Å²) in [6.45, 7) is 2.81. The number of carbonyl (C=O) groups excluding carboxylic acids is 1. The second-order valence-corrected chi connectivity index (χ2v) is 10.4. The van der Waals surface area contributed by atoms with Crippen LogP contribution in [-0.2, 0) is 17.8 Å². The minimum atomic E-state index is 0.0407. The molecule has 2 aromatic heterocycles. The van der Waals surface area contributed by atoms with E-state index in [2.05, 4.69) is 60.7 Å². The standard InChI is InChI=1S/C26H27N5OS2/c32-25(27-21-13-14-30(18-21)17-20-8-3-1-4-9-20)19-34-26-29-28-24(16-23-12-7-15-33-23)31(26)22-10-5-2-6-11-22/h1-12,15,21H,13-14,16-19H2,(H,27,32). The number of amides is 1. The number of likely N-dealkylation sites (tertiary alicyclic amines) is 1. The monoisotopic (exact) mass is 489 g/mol. The molecule has 0 aliphatic carbocycles. The third kappa shape index (κ3) is 5.75. The van der Waals surface area contributed by atoms with Crippen LogP contribution in [0, 0.1) is 0 Å². The molecule has 1 atom stereocenters. The van der Waals surface area contributed by atoms with Crippen LogP contribution in [-0.4, -0.2) is 50.5 Å². The Morgan fingerprint density at radius 1 is 1.03 bits per heavy atom. The average molecular weight is 490 g/mol. The molecular weight excluding hydrogens is 462 g/mol. The summed E-state index contributed by atoms with van der Waals surface area (Å²) in [5.74, 6) is 1.24. The van der Waals surface area contributed by atoms with Crippen molar-refractivity contribution in [2.45, 2.75) is 30.6 Å². The lowest BCUT2D eigenvalue weighted by Crippen LogP contribution is -2.38. The van der Waals surface area contributed by atoms with Crippen LogP contribution in [0.3, 0.4) is 0 Å². The molecule has 1 aliphatic heterocycles. The van der Waals surface area contributed by atoms with Gasteiger partial charge in [-0.15, -0.1) is 21.5 Å². The van der Waals surface area contributed by atoms with Crippen LogP contribution in [0.15, 0.2) is 83.3 Å². The van der Waals surface area contributed by atoms with E-state index in [9.17, 15) is 4.79 Å². The van der Waals surface area contributed by atoms with E-state index in [1.807, 2.05) is 42.5 Å². The highest BCUT2D eigenvalue weighted by Gasteiger charge is 2.24. The zero-order chi connectivity index (χ0) is 23.2. The summed E-state index contributed by atoms with van der Waals surface area (Å²) in [7, 11) is 0. The summed E-state index contributed by atoms with van der Waals surface area (Å²) in [4.78, 5) is 16.4. The third-order valence-electron chi connectivity index (χ3n) is 5.85. The van der Waals surface area contributed by atoms with Crippen molar-refractivity contribution in [2.24, 2.45) is 0 Å². The molecule has 6 nitrogen and oxygen atoms in total. The van der Waals surface area contributed by atoms with Gasteiger partial charge >= 0.3 is 0 Å². The van der Waals surface area contributed by atoms with E-state index in [4.69, 9.17) is 0 Å². The van der Waals surface area contributed by atoms with Crippen LogP contribution in [0.4, 0.5) is 0 Å².